The molecule has 0 saturated heterocycles. The van der Waals surface area contributed by atoms with Gasteiger partial charge in [0.15, 0.2) is 11.5 Å². The Morgan fingerprint density at radius 2 is 2.25 bits per heavy atom. The molecule has 5 nitrogen and oxygen atoms in total. The molecule has 1 N–H and O–H groups in total. The van der Waals surface area contributed by atoms with Crippen LogP contribution in [0.1, 0.15) is 23.3 Å². The summed E-state index contributed by atoms with van der Waals surface area (Å²) in [4.78, 5) is 10.8. The number of rotatable bonds is 5. The third-order valence-corrected chi connectivity index (χ3v) is 3.41. The van der Waals surface area contributed by atoms with E-state index in [1.54, 1.807) is 18.2 Å². The number of nitrogens with zero attached hydrogens (tertiary/aromatic N) is 1. The smallest absolute Gasteiger partial charge is 0.358 e. The van der Waals surface area contributed by atoms with Gasteiger partial charge in [0.2, 0.25) is 0 Å². The second-order valence-corrected chi connectivity index (χ2v) is 5.19. The van der Waals surface area contributed by atoms with Crippen LogP contribution >= 0.6 is 11.6 Å². The van der Waals surface area contributed by atoms with E-state index in [1.807, 2.05) is 0 Å². The second-order valence-electron chi connectivity index (χ2n) is 4.78. The van der Waals surface area contributed by atoms with Crippen LogP contribution in [-0.4, -0.2) is 22.8 Å². The molecule has 6 heteroatoms. The fraction of sp³-hybridized carbons (Fsp3) is 0.286. The number of benzene rings is 1. The van der Waals surface area contributed by atoms with Crippen LogP contribution in [0.5, 0.6) is 5.75 Å². The first-order valence-corrected chi connectivity index (χ1v) is 6.64. The van der Waals surface area contributed by atoms with Crippen LogP contribution in [0.2, 0.25) is 5.02 Å². The van der Waals surface area contributed by atoms with Gasteiger partial charge in [-0.05, 0) is 37.0 Å². The topological polar surface area (TPSA) is 72.6 Å². The number of ether oxygens (including phenoxy) is 1. The minimum atomic E-state index is -1.13. The predicted molar refractivity (Wildman–Crippen MR) is 72.1 cm³/mol. The minimum absolute atomic E-state index is 0.134. The van der Waals surface area contributed by atoms with E-state index < -0.39 is 5.97 Å². The van der Waals surface area contributed by atoms with Crippen LogP contribution in [0.25, 0.3) is 11.3 Å². The normalized spacial score (nSPS) is 14.2. The maximum absolute atomic E-state index is 10.8. The first-order chi connectivity index (χ1) is 9.63. The average Bonchev–Trinajstić information content (AvgIpc) is 3.11. The van der Waals surface area contributed by atoms with Gasteiger partial charge in [-0.25, -0.2) is 4.79 Å². The maximum atomic E-state index is 10.8. The zero-order chi connectivity index (χ0) is 14.1. The molecule has 0 spiro atoms. The van der Waals surface area contributed by atoms with Gasteiger partial charge in [-0.1, -0.05) is 16.8 Å². The molecule has 0 unspecified atom stereocenters. The van der Waals surface area contributed by atoms with E-state index in [0.29, 0.717) is 34.6 Å². The van der Waals surface area contributed by atoms with Crippen LogP contribution < -0.4 is 4.74 Å². The van der Waals surface area contributed by atoms with Gasteiger partial charge in [0.05, 0.1) is 11.6 Å². The fourth-order valence-electron chi connectivity index (χ4n) is 1.78. The molecule has 3 rings (SSSR count). The Hall–Kier alpha value is -2.01. The summed E-state index contributed by atoms with van der Waals surface area (Å²) < 4.78 is 10.6. The summed E-state index contributed by atoms with van der Waals surface area (Å²) >= 11 is 6.15. The van der Waals surface area contributed by atoms with Gasteiger partial charge >= 0.3 is 5.97 Å². The minimum Gasteiger partial charge on any atom is -0.492 e. The first-order valence-electron chi connectivity index (χ1n) is 6.26. The number of carboxylic acid groups (broad SMARTS) is 1. The molecule has 20 heavy (non-hydrogen) atoms. The zero-order valence-electron chi connectivity index (χ0n) is 10.5. The summed E-state index contributed by atoms with van der Waals surface area (Å²) in [6.45, 7) is 0.685. The van der Waals surface area contributed by atoms with Crippen molar-refractivity contribution in [3.63, 3.8) is 0 Å². The monoisotopic (exact) mass is 293 g/mol. The summed E-state index contributed by atoms with van der Waals surface area (Å²) in [5.41, 5.74) is 0.527. The fourth-order valence-corrected chi connectivity index (χ4v) is 2.01. The lowest BCUT2D eigenvalue weighted by Crippen LogP contribution is -1.99. The van der Waals surface area contributed by atoms with E-state index in [-0.39, 0.29) is 5.69 Å². The lowest BCUT2D eigenvalue weighted by Gasteiger charge is -2.07. The number of hydrogen-bond donors (Lipinski definition) is 1. The highest BCUT2D eigenvalue weighted by Gasteiger charge is 2.22. The Morgan fingerprint density at radius 3 is 2.85 bits per heavy atom. The Bertz CT molecular complexity index is 648. The third kappa shape index (κ3) is 2.77. The summed E-state index contributed by atoms with van der Waals surface area (Å²) in [6.07, 6.45) is 2.43. The number of aromatic nitrogens is 1. The van der Waals surface area contributed by atoms with Crippen molar-refractivity contribution in [3.05, 3.63) is 35.0 Å². The SMILES string of the molecule is O=C(O)c1cc(-c2ccc(OCC3CC3)c(Cl)c2)on1. The van der Waals surface area contributed by atoms with Crippen LogP contribution in [0.3, 0.4) is 0 Å². The van der Waals surface area contributed by atoms with Gasteiger partial charge in [-0.2, -0.15) is 0 Å². The van der Waals surface area contributed by atoms with Crippen molar-refractivity contribution in [2.24, 2.45) is 5.92 Å². The van der Waals surface area contributed by atoms with Gasteiger partial charge in [-0.15, -0.1) is 0 Å². The molecule has 0 amide bonds. The largest absolute Gasteiger partial charge is 0.492 e. The highest BCUT2D eigenvalue weighted by molar-refractivity contribution is 6.32. The van der Waals surface area contributed by atoms with Crippen molar-refractivity contribution in [1.82, 2.24) is 5.16 Å². The zero-order valence-corrected chi connectivity index (χ0v) is 11.3. The van der Waals surface area contributed by atoms with Crippen LogP contribution in [0.4, 0.5) is 0 Å². The molecule has 0 aliphatic heterocycles. The third-order valence-electron chi connectivity index (χ3n) is 3.12. The van der Waals surface area contributed by atoms with Gasteiger partial charge in [-0.3, -0.25) is 0 Å². The van der Waals surface area contributed by atoms with Gasteiger partial charge in [0, 0.05) is 11.6 Å². The Kier molecular flexibility index (Phi) is 3.36. The quantitative estimate of drug-likeness (QED) is 0.913. The van der Waals surface area contributed by atoms with Crippen molar-refractivity contribution in [3.8, 4) is 17.1 Å². The highest BCUT2D eigenvalue weighted by Crippen LogP contribution is 2.34. The summed E-state index contributed by atoms with van der Waals surface area (Å²) in [5.74, 6) is 0.506. The maximum Gasteiger partial charge on any atom is 0.358 e. The van der Waals surface area contributed by atoms with E-state index in [4.69, 9.17) is 26.0 Å². The molecule has 1 aliphatic carbocycles. The van der Waals surface area contributed by atoms with Crippen LogP contribution in [0.15, 0.2) is 28.8 Å². The lowest BCUT2D eigenvalue weighted by atomic mass is 10.1. The summed E-state index contributed by atoms with van der Waals surface area (Å²) in [7, 11) is 0. The summed E-state index contributed by atoms with van der Waals surface area (Å²) in [5, 5.41) is 12.7. The van der Waals surface area contributed by atoms with E-state index in [9.17, 15) is 4.79 Å². The van der Waals surface area contributed by atoms with Crippen LogP contribution in [0, 0.1) is 5.92 Å². The van der Waals surface area contributed by atoms with Crippen molar-refractivity contribution >= 4 is 17.6 Å². The molecule has 2 aromatic rings. The second kappa shape index (κ2) is 5.17. The van der Waals surface area contributed by atoms with Crippen molar-refractivity contribution in [1.29, 1.82) is 0 Å². The molecule has 1 aromatic heterocycles. The molecule has 1 fully saturated rings. The molecule has 0 atom stereocenters. The molecule has 0 bridgehead atoms. The van der Waals surface area contributed by atoms with Crippen molar-refractivity contribution < 1.29 is 19.2 Å². The number of hydrogen-bond acceptors (Lipinski definition) is 4. The lowest BCUT2D eigenvalue weighted by molar-refractivity contribution is 0.0686. The molecule has 1 saturated carbocycles. The predicted octanol–water partition coefficient (Wildman–Crippen LogP) is 3.48. The van der Waals surface area contributed by atoms with E-state index in [1.165, 1.54) is 18.9 Å². The molecular formula is C14H12ClNO4. The van der Waals surface area contributed by atoms with E-state index in [2.05, 4.69) is 5.16 Å². The average molecular weight is 294 g/mol. The van der Waals surface area contributed by atoms with Crippen molar-refractivity contribution in [2.45, 2.75) is 12.8 Å². The standard InChI is InChI=1S/C14H12ClNO4/c15-10-5-9(13-6-11(14(17)18)16-20-13)3-4-12(10)19-7-8-1-2-8/h3-6,8H,1-2,7H2,(H,17,18). The molecule has 104 valence electrons. The number of halogens is 1. The Morgan fingerprint density at radius 1 is 1.45 bits per heavy atom. The number of carbonyl (C=O) groups is 1. The molecule has 1 aliphatic rings. The van der Waals surface area contributed by atoms with Crippen LogP contribution in [-0.2, 0) is 0 Å². The van der Waals surface area contributed by atoms with E-state index in [0.717, 1.165) is 0 Å². The van der Waals surface area contributed by atoms with Crippen molar-refractivity contribution in [2.75, 3.05) is 6.61 Å². The number of carboxylic acids is 1. The molecule has 0 radical (unpaired) electrons. The highest BCUT2D eigenvalue weighted by atomic mass is 35.5. The first kappa shape index (κ1) is 13.0. The molecule has 1 heterocycles. The van der Waals surface area contributed by atoms with Gasteiger partial charge < -0.3 is 14.4 Å². The summed E-state index contributed by atoms with van der Waals surface area (Å²) in [6, 6.07) is 6.55. The number of aromatic carboxylic acids is 1. The molecule has 1 aromatic carbocycles. The van der Waals surface area contributed by atoms with Gasteiger partial charge in [0.1, 0.15) is 5.75 Å². The van der Waals surface area contributed by atoms with E-state index >= 15 is 0 Å². The Labute approximate surface area is 120 Å². The molecular weight excluding hydrogens is 282 g/mol. The Balaban J connectivity index is 1.79. The van der Waals surface area contributed by atoms with Gasteiger partial charge in [0.25, 0.3) is 0 Å².